The predicted octanol–water partition coefficient (Wildman–Crippen LogP) is -1.80. The molecule has 0 radical (unpaired) electrons. The van der Waals surface area contributed by atoms with Gasteiger partial charge in [0, 0.05) is 32.6 Å². The smallest absolute Gasteiger partial charge is 0.251 e. The molecule has 19 heavy (non-hydrogen) atoms. The molecule has 106 valence electrons. The normalized spacial score (nSPS) is 32.3. The summed E-state index contributed by atoms with van der Waals surface area (Å²) in [6.07, 6.45) is 0.671. The Hall–Kier alpha value is -1.47. The lowest BCUT2D eigenvalue weighted by Crippen LogP contribution is -2.62. The van der Waals surface area contributed by atoms with Crippen molar-refractivity contribution >= 4 is 17.7 Å². The number of piperazine rings is 1. The maximum absolute atomic E-state index is 12.0. The number of nitrogens with zero attached hydrogens (tertiary/aromatic N) is 1. The maximum atomic E-state index is 12.0. The minimum atomic E-state index is -0.587. The summed E-state index contributed by atoms with van der Waals surface area (Å²) in [4.78, 5) is 36.3. The fourth-order valence-corrected chi connectivity index (χ4v) is 2.29. The van der Waals surface area contributed by atoms with Gasteiger partial charge >= 0.3 is 0 Å². The highest BCUT2D eigenvalue weighted by atomic mass is 16.2. The molecular weight excluding hydrogens is 248 g/mol. The second-order valence-corrected chi connectivity index (χ2v) is 5.16. The lowest BCUT2D eigenvalue weighted by Gasteiger charge is -2.32. The number of likely N-dealkylation sites (N-methyl/N-ethyl adjacent to an activating group) is 1. The summed E-state index contributed by atoms with van der Waals surface area (Å²) in [5.74, 6) is -0.719. The van der Waals surface area contributed by atoms with Crippen LogP contribution in [0.2, 0.25) is 0 Å². The molecule has 0 aliphatic carbocycles. The number of amides is 3. The molecule has 3 unspecified atom stereocenters. The van der Waals surface area contributed by atoms with E-state index in [2.05, 4.69) is 16.0 Å². The zero-order chi connectivity index (χ0) is 14.0. The van der Waals surface area contributed by atoms with Crippen molar-refractivity contribution in [2.45, 2.75) is 37.9 Å². The number of hydrogen-bond donors (Lipinski definition) is 3. The Bertz CT molecular complexity index is 390. The second kappa shape index (κ2) is 5.66. The third kappa shape index (κ3) is 3.10. The first-order valence-corrected chi connectivity index (χ1v) is 6.56. The summed E-state index contributed by atoms with van der Waals surface area (Å²) in [6, 6.07) is -0.576. The van der Waals surface area contributed by atoms with Gasteiger partial charge in [-0.25, -0.2) is 0 Å². The van der Waals surface area contributed by atoms with Crippen molar-refractivity contribution in [1.82, 2.24) is 20.9 Å². The highest BCUT2D eigenvalue weighted by Crippen LogP contribution is 2.11. The van der Waals surface area contributed by atoms with Gasteiger partial charge in [0.15, 0.2) is 0 Å². The standard InChI is InChI=1S/C12H20N4O3/c1-7-5-14-9(6-13-7)11(18)15-8-3-4-10(17)16(2)12(8)19/h7-9,13-14H,3-6H2,1-2H3,(H,15,18). The number of imide groups is 1. The molecule has 7 heteroatoms. The Morgan fingerprint density at radius 3 is 2.68 bits per heavy atom. The molecule has 3 amide bonds. The van der Waals surface area contributed by atoms with Crippen molar-refractivity contribution in [3.63, 3.8) is 0 Å². The van der Waals surface area contributed by atoms with E-state index in [-0.39, 0.29) is 23.8 Å². The third-order valence-electron chi connectivity index (χ3n) is 3.62. The zero-order valence-corrected chi connectivity index (χ0v) is 11.2. The van der Waals surface area contributed by atoms with Crippen LogP contribution in [0, 0.1) is 0 Å². The Morgan fingerprint density at radius 2 is 2.05 bits per heavy atom. The lowest BCUT2D eigenvalue weighted by atomic mass is 10.0. The van der Waals surface area contributed by atoms with E-state index in [1.807, 2.05) is 6.92 Å². The number of carbonyl (C=O) groups excluding carboxylic acids is 3. The second-order valence-electron chi connectivity index (χ2n) is 5.16. The summed E-state index contributed by atoms with van der Waals surface area (Å²) in [5.41, 5.74) is 0. The predicted molar refractivity (Wildman–Crippen MR) is 68.2 cm³/mol. The molecule has 2 fully saturated rings. The van der Waals surface area contributed by atoms with E-state index in [1.54, 1.807) is 0 Å². The van der Waals surface area contributed by atoms with Gasteiger partial charge in [-0.2, -0.15) is 0 Å². The molecule has 2 aliphatic heterocycles. The number of carbonyl (C=O) groups is 3. The van der Waals surface area contributed by atoms with Crippen LogP contribution in [0.1, 0.15) is 19.8 Å². The first kappa shape index (κ1) is 14.0. The summed E-state index contributed by atoms with van der Waals surface area (Å²) in [6.45, 7) is 3.30. The maximum Gasteiger partial charge on any atom is 0.251 e. The van der Waals surface area contributed by atoms with Crippen LogP contribution in [-0.2, 0) is 14.4 Å². The molecule has 2 rings (SSSR count). The monoisotopic (exact) mass is 268 g/mol. The number of nitrogens with one attached hydrogen (secondary N) is 3. The van der Waals surface area contributed by atoms with E-state index in [4.69, 9.17) is 0 Å². The molecule has 0 aromatic heterocycles. The van der Waals surface area contributed by atoms with Gasteiger partial charge in [0.05, 0.1) is 6.04 Å². The van der Waals surface area contributed by atoms with Crippen molar-refractivity contribution in [1.29, 1.82) is 0 Å². The Morgan fingerprint density at radius 1 is 1.32 bits per heavy atom. The summed E-state index contributed by atoms with van der Waals surface area (Å²) in [5, 5.41) is 9.05. The van der Waals surface area contributed by atoms with Gasteiger partial charge in [0.1, 0.15) is 6.04 Å². The van der Waals surface area contributed by atoms with E-state index in [9.17, 15) is 14.4 Å². The molecule has 0 bridgehead atoms. The highest BCUT2D eigenvalue weighted by Gasteiger charge is 2.34. The van der Waals surface area contributed by atoms with Gasteiger partial charge in [0.25, 0.3) is 5.91 Å². The molecule has 2 saturated heterocycles. The minimum Gasteiger partial charge on any atom is -0.343 e. The minimum absolute atomic E-state index is 0.193. The average molecular weight is 268 g/mol. The van der Waals surface area contributed by atoms with E-state index >= 15 is 0 Å². The van der Waals surface area contributed by atoms with Crippen LogP contribution in [0.25, 0.3) is 0 Å². The van der Waals surface area contributed by atoms with E-state index < -0.39 is 6.04 Å². The van der Waals surface area contributed by atoms with Crippen molar-refractivity contribution in [2.24, 2.45) is 0 Å². The number of hydrogen-bond acceptors (Lipinski definition) is 5. The summed E-state index contributed by atoms with van der Waals surface area (Å²) >= 11 is 0. The highest BCUT2D eigenvalue weighted by molar-refractivity contribution is 6.01. The van der Waals surface area contributed by atoms with Gasteiger partial charge < -0.3 is 16.0 Å². The van der Waals surface area contributed by atoms with E-state index in [0.29, 0.717) is 25.4 Å². The number of likely N-dealkylation sites (tertiary alicyclic amines) is 1. The molecule has 3 atom stereocenters. The zero-order valence-electron chi connectivity index (χ0n) is 11.2. The molecule has 2 heterocycles. The van der Waals surface area contributed by atoms with Crippen molar-refractivity contribution in [2.75, 3.05) is 20.1 Å². The van der Waals surface area contributed by atoms with E-state index in [1.165, 1.54) is 7.05 Å². The van der Waals surface area contributed by atoms with Gasteiger partial charge in [0.2, 0.25) is 11.8 Å². The van der Waals surface area contributed by atoms with Crippen LogP contribution < -0.4 is 16.0 Å². The Labute approximate surface area is 112 Å². The molecular formula is C12H20N4O3. The van der Waals surface area contributed by atoms with Gasteiger partial charge in [-0.15, -0.1) is 0 Å². The van der Waals surface area contributed by atoms with Crippen LogP contribution >= 0.6 is 0 Å². The van der Waals surface area contributed by atoms with Crippen LogP contribution in [0.5, 0.6) is 0 Å². The number of rotatable bonds is 2. The van der Waals surface area contributed by atoms with Gasteiger partial charge in [-0.3, -0.25) is 19.3 Å². The molecule has 0 aromatic carbocycles. The molecule has 3 N–H and O–H groups in total. The summed E-state index contributed by atoms with van der Waals surface area (Å²) < 4.78 is 0. The molecule has 0 spiro atoms. The largest absolute Gasteiger partial charge is 0.343 e. The third-order valence-corrected chi connectivity index (χ3v) is 3.62. The Kier molecular flexibility index (Phi) is 4.16. The van der Waals surface area contributed by atoms with Crippen LogP contribution in [0.3, 0.4) is 0 Å². The molecule has 7 nitrogen and oxygen atoms in total. The lowest BCUT2D eigenvalue weighted by molar-refractivity contribution is -0.149. The van der Waals surface area contributed by atoms with Crippen LogP contribution in [-0.4, -0.2) is 60.9 Å². The van der Waals surface area contributed by atoms with Crippen LogP contribution in [0.4, 0.5) is 0 Å². The van der Waals surface area contributed by atoms with Crippen molar-refractivity contribution in [3.05, 3.63) is 0 Å². The average Bonchev–Trinajstić information content (AvgIpc) is 2.40. The van der Waals surface area contributed by atoms with E-state index in [0.717, 1.165) is 11.4 Å². The van der Waals surface area contributed by atoms with Gasteiger partial charge in [-0.05, 0) is 13.3 Å². The summed E-state index contributed by atoms with van der Waals surface area (Å²) in [7, 11) is 1.45. The first-order chi connectivity index (χ1) is 8.99. The first-order valence-electron chi connectivity index (χ1n) is 6.56. The van der Waals surface area contributed by atoms with Gasteiger partial charge in [-0.1, -0.05) is 0 Å². The fourth-order valence-electron chi connectivity index (χ4n) is 2.29. The van der Waals surface area contributed by atoms with Crippen molar-refractivity contribution < 1.29 is 14.4 Å². The van der Waals surface area contributed by atoms with Crippen molar-refractivity contribution in [3.8, 4) is 0 Å². The SMILES string of the molecule is CC1CNC(C(=O)NC2CCC(=O)N(C)C2=O)CN1. The topological polar surface area (TPSA) is 90.5 Å². The Balaban J connectivity index is 1.88. The quantitative estimate of drug-likeness (QED) is 0.514. The number of piperidine rings is 1. The fraction of sp³-hybridized carbons (Fsp3) is 0.750. The molecule has 0 aromatic rings. The molecule has 0 saturated carbocycles. The molecule has 2 aliphatic rings. The van der Waals surface area contributed by atoms with Crippen LogP contribution in [0.15, 0.2) is 0 Å².